The summed E-state index contributed by atoms with van der Waals surface area (Å²) in [6.07, 6.45) is 2.46. The summed E-state index contributed by atoms with van der Waals surface area (Å²) in [6.45, 7) is 3.66. The Hall–Kier alpha value is -3.41. The largest absolute Gasteiger partial charge is 0.497 e. The molecule has 6 heteroatoms. The predicted molar refractivity (Wildman–Crippen MR) is 101 cm³/mol. The number of aryl methyl sites for hydroxylation is 1. The molecule has 0 radical (unpaired) electrons. The molecule has 0 bridgehead atoms. The van der Waals surface area contributed by atoms with E-state index in [2.05, 4.69) is 10.2 Å². The van der Waals surface area contributed by atoms with Crippen molar-refractivity contribution in [2.45, 2.75) is 20.0 Å². The molecule has 138 valence electrons. The molecule has 3 rings (SSSR count). The number of benzene rings is 2. The Kier molecular flexibility index (Phi) is 5.66. The predicted octanol–water partition coefficient (Wildman–Crippen LogP) is 4.37. The number of carbonyl (C=O) groups is 1. The Morgan fingerprint density at radius 2 is 1.85 bits per heavy atom. The molecular weight excluding hydrogens is 344 g/mol. The highest BCUT2D eigenvalue weighted by molar-refractivity contribution is 5.87. The van der Waals surface area contributed by atoms with Crippen LogP contribution in [0.2, 0.25) is 0 Å². The van der Waals surface area contributed by atoms with Gasteiger partial charge >= 0.3 is 5.97 Å². The molecule has 0 N–H and O–H groups in total. The lowest BCUT2D eigenvalue weighted by Gasteiger charge is -2.07. The number of carbonyl (C=O) groups excluding carboxylic acids is 1. The van der Waals surface area contributed by atoms with Crippen LogP contribution in [-0.4, -0.2) is 23.3 Å². The number of aromatic nitrogens is 2. The van der Waals surface area contributed by atoms with Gasteiger partial charge in [0, 0.05) is 11.6 Å². The van der Waals surface area contributed by atoms with Crippen molar-refractivity contribution in [2.24, 2.45) is 0 Å². The van der Waals surface area contributed by atoms with Crippen LogP contribution in [0.4, 0.5) is 0 Å². The third-order valence-electron chi connectivity index (χ3n) is 4.01. The molecule has 0 saturated heterocycles. The number of nitrogens with zero attached hydrogens (tertiary/aromatic N) is 2. The first-order valence-corrected chi connectivity index (χ1v) is 8.49. The molecule has 0 fully saturated rings. The molecule has 0 aliphatic rings. The van der Waals surface area contributed by atoms with E-state index in [9.17, 15) is 4.79 Å². The van der Waals surface area contributed by atoms with Crippen LogP contribution in [0.15, 0.2) is 59.0 Å². The number of hydrogen-bond acceptors (Lipinski definition) is 6. The van der Waals surface area contributed by atoms with Crippen molar-refractivity contribution < 1.29 is 18.7 Å². The fraction of sp³-hybridized carbons (Fsp3) is 0.190. The maximum absolute atomic E-state index is 12.0. The maximum Gasteiger partial charge on any atom is 0.331 e. The Morgan fingerprint density at radius 1 is 1.11 bits per heavy atom. The van der Waals surface area contributed by atoms with E-state index in [0.717, 1.165) is 22.4 Å². The van der Waals surface area contributed by atoms with E-state index in [1.54, 1.807) is 32.2 Å². The highest BCUT2D eigenvalue weighted by atomic mass is 16.6. The molecule has 1 heterocycles. The van der Waals surface area contributed by atoms with Gasteiger partial charge in [0.15, 0.2) is 6.10 Å². The molecule has 0 aliphatic heterocycles. The van der Waals surface area contributed by atoms with Gasteiger partial charge in [-0.3, -0.25) is 0 Å². The minimum absolute atomic E-state index is 0.235. The quantitative estimate of drug-likeness (QED) is 0.477. The first-order chi connectivity index (χ1) is 13.1. The van der Waals surface area contributed by atoms with Gasteiger partial charge in [-0.1, -0.05) is 24.3 Å². The third-order valence-corrected chi connectivity index (χ3v) is 4.01. The lowest BCUT2D eigenvalue weighted by Crippen LogP contribution is -2.06. The maximum atomic E-state index is 12.0. The topological polar surface area (TPSA) is 74.5 Å². The van der Waals surface area contributed by atoms with Gasteiger partial charge in [0.2, 0.25) is 5.89 Å². The molecule has 2 aromatic carbocycles. The second-order valence-electron chi connectivity index (χ2n) is 5.94. The van der Waals surface area contributed by atoms with E-state index in [1.165, 1.54) is 6.08 Å². The first-order valence-electron chi connectivity index (χ1n) is 8.49. The molecule has 0 unspecified atom stereocenters. The fourth-order valence-electron chi connectivity index (χ4n) is 2.44. The van der Waals surface area contributed by atoms with E-state index in [1.807, 2.05) is 43.3 Å². The number of rotatable bonds is 6. The smallest absolute Gasteiger partial charge is 0.331 e. The van der Waals surface area contributed by atoms with E-state index in [0.29, 0.717) is 5.89 Å². The summed E-state index contributed by atoms with van der Waals surface area (Å²) in [5.41, 5.74) is 2.80. The van der Waals surface area contributed by atoms with Gasteiger partial charge in [0.05, 0.1) is 7.11 Å². The number of methoxy groups -OCH3 is 1. The average Bonchev–Trinajstić information content (AvgIpc) is 3.18. The highest BCUT2D eigenvalue weighted by Crippen LogP contribution is 2.24. The van der Waals surface area contributed by atoms with Gasteiger partial charge in [-0.05, 0) is 55.3 Å². The van der Waals surface area contributed by atoms with Gasteiger partial charge in [-0.2, -0.15) is 0 Å². The average molecular weight is 364 g/mol. The third kappa shape index (κ3) is 4.61. The summed E-state index contributed by atoms with van der Waals surface area (Å²) >= 11 is 0. The molecule has 1 aromatic heterocycles. The monoisotopic (exact) mass is 364 g/mol. The van der Waals surface area contributed by atoms with E-state index in [4.69, 9.17) is 13.9 Å². The fourth-order valence-corrected chi connectivity index (χ4v) is 2.44. The van der Waals surface area contributed by atoms with E-state index >= 15 is 0 Å². The zero-order valence-electron chi connectivity index (χ0n) is 15.4. The Bertz CT molecular complexity index is 945. The molecule has 0 saturated carbocycles. The van der Waals surface area contributed by atoms with E-state index in [-0.39, 0.29) is 5.89 Å². The molecular formula is C21H20N2O4. The minimum Gasteiger partial charge on any atom is -0.497 e. The van der Waals surface area contributed by atoms with Gasteiger partial charge in [-0.25, -0.2) is 4.79 Å². The second kappa shape index (κ2) is 8.31. The van der Waals surface area contributed by atoms with Gasteiger partial charge in [0.25, 0.3) is 5.89 Å². The highest BCUT2D eigenvalue weighted by Gasteiger charge is 2.18. The van der Waals surface area contributed by atoms with Crippen molar-refractivity contribution in [3.8, 4) is 17.2 Å². The van der Waals surface area contributed by atoms with Crippen LogP contribution in [0.3, 0.4) is 0 Å². The zero-order valence-corrected chi connectivity index (χ0v) is 15.4. The van der Waals surface area contributed by atoms with Crippen LogP contribution >= 0.6 is 0 Å². The van der Waals surface area contributed by atoms with Gasteiger partial charge in [-0.15, -0.1) is 10.2 Å². The lowest BCUT2D eigenvalue weighted by atomic mass is 10.1. The Balaban J connectivity index is 1.64. The van der Waals surface area contributed by atoms with Crippen LogP contribution in [-0.2, 0) is 9.53 Å². The summed E-state index contributed by atoms with van der Waals surface area (Å²) in [7, 11) is 1.60. The number of ether oxygens (including phenoxy) is 2. The zero-order chi connectivity index (χ0) is 19.2. The SMILES string of the molecule is COc1ccc(-c2nnc([C@H](C)OC(=O)/C=C/c3ccccc3C)o2)cc1. The molecule has 3 aromatic rings. The van der Waals surface area contributed by atoms with Crippen LogP contribution in [0.1, 0.15) is 30.0 Å². The summed E-state index contributed by atoms with van der Waals surface area (Å²) in [5.74, 6) is 0.848. The molecule has 0 aliphatic carbocycles. The van der Waals surface area contributed by atoms with Crippen LogP contribution < -0.4 is 4.74 Å². The normalized spacial score (nSPS) is 12.1. The Morgan fingerprint density at radius 3 is 2.56 bits per heavy atom. The van der Waals surface area contributed by atoms with Crippen molar-refractivity contribution in [3.05, 3.63) is 71.6 Å². The number of esters is 1. The molecule has 6 nitrogen and oxygen atoms in total. The molecule has 0 spiro atoms. The van der Waals surface area contributed by atoms with Gasteiger partial charge in [0.1, 0.15) is 5.75 Å². The summed E-state index contributed by atoms with van der Waals surface area (Å²) in [6, 6.07) is 15.0. The van der Waals surface area contributed by atoms with Crippen molar-refractivity contribution >= 4 is 12.0 Å². The number of hydrogen-bond donors (Lipinski definition) is 0. The minimum atomic E-state index is -0.654. The summed E-state index contributed by atoms with van der Waals surface area (Å²) in [4.78, 5) is 12.0. The van der Waals surface area contributed by atoms with Crippen LogP contribution in [0, 0.1) is 6.92 Å². The van der Waals surface area contributed by atoms with Gasteiger partial charge < -0.3 is 13.9 Å². The van der Waals surface area contributed by atoms with Crippen molar-refractivity contribution in [1.82, 2.24) is 10.2 Å². The lowest BCUT2D eigenvalue weighted by molar-refractivity contribution is -0.143. The Labute approximate surface area is 157 Å². The summed E-state index contributed by atoms with van der Waals surface area (Å²) in [5, 5.41) is 7.98. The van der Waals surface area contributed by atoms with Crippen molar-refractivity contribution in [2.75, 3.05) is 7.11 Å². The van der Waals surface area contributed by atoms with Crippen molar-refractivity contribution in [1.29, 1.82) is 0 Å². The van der Waals surface area contributed by atoms with E-state index < -0.39 is 12.1 Å². The van der Waals surface area contributed by atoms with Crippen LogP contribution in [0.5, 0.6) is 5.75 Å². The first kappa shape index (κ1) is 18.4. The summed E-state index contributed by atoms with van der Waals surface area (Å²) < 4.78 is 16.1. The molecule has 0 amide bonds. The standard InChI is InChI=1S/C21H20N2O4/c1-14-6-4-5-7-16(14)10-13-19(24)26-15(2)20-22-23-21(27-20)17-8-11-18(25-3)12-9-17/h4-13,15H,1-3H3/b13-10+/t15-/m0/s1. The van der Waals surface area contributed by atoms with Crippen LogP contribution in [0.25, 0.3) is 17.5 Å². The molecule has 1 atom stereocenters. The van der Waals surface area contributed by atoms with Crippen molar-refractivity contribution in [3.63, 3.8) is 0 Å². The molecule has 27 heavy (non-hydrogen) atoms. The second-order valence-corrected chi connectivity index (χ2v) is 5.94.